The lowest BCUT2D eigenvalue weighted by Crippen LogP contribution is -2.10. The Kier molecular flexibility index (Phi) is 2.92. The summed E-state index contributed by atoms with van der Waals surface area (Å²) in [6.45, 7) is 0. The zero-order valence-corrected chi connectivity index (χ0v) is 7.77. The number of carbonyl (C=O) groups excluding carboxylic acids is 1. The minimum Gasteiger partial charge on any atom is -0.319 e. The van der Waals surface area contributed by atoms with Crippen LogP contribution in [0.25, 0.3) is 0 Å². The fourth-order valence-electron chi connectivity index (χ4n) is 0.824. The molecule has 0 fully saturated rings. The Labute approximate surface area is 79.9 Å². The second-order valence-electron chi connectivity index (χ2n) is 2.24. The Balaban J connectivity index is 3.44. The van der Waals surface area contributed by atoms with Crippen LogP contribution in [-0.2, 0) is 0 Å². The number of aldehydes is 1. The molecule has 1 N–H and O–H groups in total. The largest absolute Gasteiger partial charge is 0.319 e. The monoisotopic (exact) mass is 251 g/mol. The molecule has 0 atom stereocenters. The molecule has 0 saturated carbocycles. The first-order valence-corrected chi connectivity index (χ1v) is 4.01. The zero-order chi connectivity index (χ0) is 10.0. The summed E-state index contributed by atoms with van der Waals surface area (Å²) >= 11 is 2.79. The van der Waals surface area contributed by atoms with Crippen LogP contribution in [0.5, 0.6) is 0 Å². The molecule has 0 unspecified atom stereocenters. The third-order valence-corrected chi connectivity index (χ3v) is 2.27. The first-order valence-electron chi connectivity index (χ1n) is 3.22. The molecule has 70 valence electrons. The van der Waals surface area contributed by atoms with Gasteiger partial charge in [-0.05, 0) is 15.9 Å². The number of hydrogen-bond acceptors (Lipinski definition) is 2. The highest BCUT2D eigenvalue weighted by Crippen LogP contribution is 2.26. The lowest BCUT2D eigenvalue weighted by Gasteiger charge is -2.03. The van der Waals surface area contributed by atoms with Crippen molar-refractivity contribution in [2.75, 3.05) is 0 Å². The van der Waals surface area contributed by atoms with E-state index < -0.39 is 17.5 Å². The topological polar surface area (TPSA) is 49.9 Å². The normalized spacial score (nSPS) is 10.5. The molecule has 6 heteroatoms. The molecule has 0 bridgehead atoms. The van der Waals surface area contributed by atoms with Gasteiger partial charge in [-0.25, -0.2) is 8.78 Å². The van der Waals surface area contributed by atoms with Gasteiger partial charge in [-0.15, -0.1) is 0 Å². The molecule has 0 aliphatic carbocycles. The predicted molar refractivity (Wildman–Crippen MR) is 45.1 cm³/mol. The molecular formula is C7H4BrF2NO2. The molecule has 0 aliphatic heterocycles. The van der Waals surface area contributed by atoms with Crippen LogP contribution in [0, 0.1) is 0 Å². The number of aromatic nitrogens is 1. The maximum Gasteiger partial charge on any atom is 0.265 e. The quantitative estimate of drug-likeness (QED) is 0.817. The first kappa shape index (κ1) is 10.0. The van der Waals surface area contributed by atoms with E-state index in [1.807, 2.05) is 0 Å². The zero-order valence-electron chi connectivity index (χ0n) is 6.18. The van der Waals surface area contributed by atoms with Crippen molar-refractivity contribution in [1.29, 1.82) is 0 Å². The van der Waals surface area contributed by atoms with Crippen LogP contribution in [-0.4, -0.2) is 11.3 Å². The minimum atomic E-state index is -2.78. The molecule has 0 radical (unpaired) electrons. The maximum atomic E-state index is 12.2. The number of carbonyl (C=O) groups is 1. The van der Waals surface area contributed by atoms with E-state index in [9.17, 15) is 18.4 Å². The summed E-state index contributed by atoms with van der Waals surface area (Å²) in [4.78, 5) is 23.2. The van der Waals surface area contributed by atoms with Crippen molar-refractivity contribution >= 4 is 22.2 Å². The third kappa shape index (κ3) is 2.00. The number of aromatic amines is 1. The second-order valence-corrected chi connectivity index (χ2v) is 3.03. The Hall–Kier alpha value is -1.04. The molecule has 0 amide bonds. The van der Waals surface area contributed by atoms with Crippen molar-refractivity contribution in [3.63, 3.8) is 0 Å². The van der Waals surface area contributed by atoms with Crippen LogP contribution >= 0.6 is 15.9 Å². The van der Waals surface area contributed by atoms with Gasteiger partial charge in [-0.3, -0.25) is 9.59 Å². The van der Waals surface area contributed by atoms with Crippen LogP contribution in [0.1, 0.15) is 22.5 Å². The number of alkyl halides is 2. The number of nitrogens with one attached hydrogen (secondary N) is 1. The van der Waals surface area contributed by atoms with E-state index in [2.05, 4.69) is 20.9 Å². The summed E-state index contributed by atoms with van der Waals surface area (Å²) in [7, 11) is 0. The van der Waals surface area contributed by atoms with Crippen LogP contribution in [0.15, 0.2) is 15.3 Å². The van der Waals surface area contributed by atoms with Gasteiger partial charge in [0.2, 0.25) is 5.56 Å². The first-order chi connectivity index (χ1) is 6.06. The highest BCUT2D eigenvalue weighted by molar-refractivity contribution is 9.10. The molecule has 1 rings (SSSR count). The van der Waals surface area contributed by atoms with Crippen LogP contribution in [0.3, 0.4) is 0 Å². The molecule has 1 aromatic rings. The van der Waals surface area contributed by atoms with E-state index in [4.69, 9.17) is 0 Å². The van der Waals surface area contributed by atoms with Crippen molar-refractivity contribution in [2.45, 2.75) is 6.43 Å². The van der Waals surface area contributed by atoms with Gasteiger partial charge < -0.3 is 4.98 Å². The standard InChI is InChI=1S/C7H4BrF2NO2/c8-6-3(7(9)10)1-5(13)11-4(6)2-12/h1-2,7H,(H,11,13). The van der Waals surface area contributed by atoms with Gasteiger partial charge in [0.1, 0.15) is 0 Å². The third-order valence-electron chi connectivity index (χ3n) is 1.39. The number of hydrogen-bond donors (Lipinski definition) is 1. The molecule has 1 aromatic heterocycles. The molecule has 0 aromatic carbocycles. The van der Waals surface area contributed by atoms with Crippen molar-refractivity contribution in [3.8, 4) is 0 Å². The number of pyridine rings is 1. The molecule has 0 spiro atoms. The lowest BCUT2D eigenvalue weighted by atomic mass is 10.2. The fraction of sp³-hybridized carbons (Fsp3) is 0.143. The number of H-pyrrole nitrogens is 1. The van der Waals surface area contributed by atoms with Crippen molar-refractivity contribution in [3.05, 3.63) is 32.2 Å². The molecule has 3 nitrogen and oxygen atoms in total. The van der Waals surface area contributed by atoms with Gasteiger partial charge in [0.25, 0.3) is 6.43 Å². The van der Waals surface area contributed by atoms with E-state index in [-0.39, 0.29) is 10.2 Å². The van der Waals surface area contributed by atoms with Gasteiger partial charge in [0.15, 0.2) is 6.29 Å². The number of halogens is 3. The lowest BCUT2D eigenvalue weighted by molar-refractivity contribution is 0.111. The van der Waals surface area contributed by atoms with Gasteiger partial charge in [-0.1, -0.05) is 0 Å². The molecule has 0 saturated heterocycles. The molecule has 13 heavy (non-hydrogen) atoms. The van der Waals surface area contributed by atoms with E-state index in [1.165, 1.54) is 0 Å². The van der Waals surface area contributed by atoms with Crippen LogP contribution < -0.4 is 5.56 Å². The molecular weight excluding hydrogens is 248 g/mol. The van der Waals surface area contributed by atoms with Crippen molar-refractivity contribution < 1.29 is 13.6 Å². The van der Waals surface area contributed by atoms with Crippen molar-refractivity contribution in [2.24, 2.45) is 0 Å². The van der Waals surface area contributed by atoms with Gasteiger partial charge in [0.05, 0.1) is 10.2 Å². The summed E-state index contributed by atoms with van der Waals surface area (Å²) < 4.78 is 24.4. The fourth-order valence-corrected chi connectivity index (χ4v) is 1.30. The van der Waals surface area contributed by atoms with Gasteiger partial charge in [0, 0.05) is 11.6 Å². The second kappa shape index (κ2) is 3.78. The van der Waals surface area contributed by atoms with E-state index in [0.29, 0.717) is 6.29 Å². The maximum absolute atomic E-state index is 12.2. The Bertz CT molecular complexity index is 389. The predicted octanol–water partition coefficient (Wildman–Crippen LogP) is 1.89. The molecule has 0 aliphatic rings. The summed E-state index contributed by atoms with van der Waals surface area (Å²) in [5.41, 5.74) is -1.38. The summed E-state index contributed by atoms with van der Waals surface area (Å²) in [6.07, 6.45) is -2.48. The molecule has 1 heterocycles. The van der Waals surface area contributed by atoms with Crippen molar-refractivity contribution in [1.82, 2.24) is 4.98 Å². The highest BCUT2D eigenvalue weighted by Gasteiger charge is 2.15. The van der Waals surface area contributed by atoms with E-state index in [1.54, 1.807) is 0 Å². The number of rotatable bonds is 2. The van der Waals surface area contributed by atoms with Crippen LogP contribution in [0.4, 0.5) is 8.78 Å². The van der Waals surface area contributed by atoms with Gasteiger partial charge in [-0.2, -0.15) is 0 Å². The average Bonchev–Trinajstić information content (AvgIpc) is 2.08. The highest BCUT2D eigenvalue weighted by atomic mass is 79.9. The summed E-state index contributed by atoms with van der Waals surface area (Å²) in [6, 6.07) is 0.752. The Morgan fingerprint density at radius 1 is 1.54 bits per heavy atom. The average molecular weight is 252 g/mol. The Morgan fingerprint density at radius 2 is 2.15 bits per heavy atom. The van der Waals surface area contributed by atoms with E-state index in [0.717, 1.165) is 6.07 Å². The van der Waals surface area contributed by atoms with E-state index >= 15 is 0 Å². The van der Waals surface area contributed by atoms with Gasteiger partial charge >= 0.3 is 0 Å². The SMILES string of the molecule is O=Cc1[nH]c(=O)cc(C(F)F)c1Br. The minimum absolute atomic E-state index is 0.0721. The summed E-state index contributed by atoms with van der Waals surface area (Å²) in [5.74, 6) is 0. The van der Waals surface area contributed by atoms with Crippen LogP contribution in [0.2, 0.25) is 0 Å². The summed E-state index contributed by atoms with van der Waals surface area (Å²) in [5, 5.41) is 0. The Morgan fingerprint density at radius 3 is 2.62 bits per heavy atom. The smallest absolute Gasteiger partial charge is 0.265 e.